The molecule has 1 unspecified atom stereocenters. The lowest BCUT2D eigenvalue weighted by Crippen LogP contribution is -2.30. The fourth-order valence-electron chi connectivity index (χ4n) is 3.54. The second-order valence-electron chi connectivity index (χ2n) is 7.49. The predicted octanol–water partition coefficient (Wildman–Crippen LogP) is 5.49. The van der Waals surface area contributed by atoms with E-state index in [0.717, 1.165) is 16.6 Å². The topological polar surface area (TPSA) is 47.4 Å². The minimum absolute atomic E-state index is 0.00643. The molecule has 158 valence electrons. The maximum Gasteiger partial charge on any atom is 0.242 e. The number of imidazole rings is 1. The van der Waals surface area contributed by atoms with E-state index in [2.05, 4.69) is 0 Å². The number of rotatable bonds is 7. The number of carbonyl (C=O) groups excluding carboxylic acids is 1. The molecule has 4 rings (SSSR count). The Morgan fingerprint density at radius 3 is 2.45 bits per heavy atom. The normalized spacial score (nSPS) is 12.0. The molecule has 0 aliphatic heterocycles. The van der Waals surface area contributed by atoms with Crippen LogP contribution in [0, 0.1) is 0 Å². The van der Waals surface area contributed by atoms with Gasteiger partial charge in [0.15, 0.2) is 11.9 Å². The van der Waals surface area contributed by atoms with Gasteiger partial charge in [-0.1, -0.05) is 54.1 Å². The zero-order chi connectivity index (χ0) is 21.8. The monoisotopic (exact) mass is 433 g/mol. The third kappa shape index (κ3) is 4.89. The minimum atomic E-state index is -0.346. The van der Waals surface area contributed by atoms with Crippen LogP contribution in [0.5, 0.6) is 5.75 Å². The fraction of sp³-hybridized carbons (Fsp3) is 0.200. The average molecular weight is 434 g/mol. The third-order valence-electron chi connectivity index (χ3n) is 5.16. The van der Waals surface area contributed by atoms with Gasteiger partial charge in [-0.15, -0.1) is 0 Å². The van der Waals surface area contributed by atoms with Gasteiger partial charge in [0.05, 0.1) is 11.0 Å². The first-order valence-electron chi connectivity index (χ1n) is 10.2. The van der Waals surface area contributed by atoms with Crippen molar-refractivity contribution in [1.29, 1.82) is 0 Å². The summed E-state index contributed by atoms with van der Waals surface area (Å²) in [4.78, 5) is 19.5. The largest absolute Gasteiger partial charge is 0.483 e. The first kappa shape index (κ1) is 20.9. The highest BCUT2D eigenvalue weighted by molar-refractivity contribution is 6.30. The van der Waals surface area contributed by atoms with Gasteiger partial charge in [0.1, 0.15) is 12.3 Å². The van der Waals surface area contributed by atoms with Gasteiger partial charge in [0.25, 0.3) is 0 Å². The van der Waals surface area contributed by atoms with Gasteiger partial charge in [0, 0.05) is 18.6 Å². The van der Waals surface area contributed by atoms with Gasteiger partial charge in [-0.3, -0.25) is 4.79 Å². The summed E-state index contributed by atoms with van der Waals surface area (Å²) in [7, 11) is 1.82. The summed E-state index contributed by atoms with van der Waals surface area (Å²) >= 11 is 5.97. The van der Waals surface area contributed by atoms with E-state index < -0.39 is 0 Å². The molecule has 1 aromatic heterocycles. The van der Waals surface area contributed by atoms with E-state index in [0.29, 0.717) is 23.1 Å². The first-order chi connectivity index (χ1) is 15.0. The zero-order valence-corrected chi connectivity index (χ0v) is 18.3. The fourth-order valence-corrected chi connectivity index (χ4v) is 3.67. The quantitative estimate of drug-likeness (QED) is 0.387. The molecule has 0 N–H and O–H groups in total. The Hall–Kier alpha value is -3.31. The van der Waals surface area contributed by atoms with Crippen molar-refractivity contribution < 1.29 is 9.53 Å². The Morgan fingerprint density at radius 2 is 1.71 bits per heavy atom. The van der Waals surface area contributed by atoms with Crippen LogP contribution in [-0.4, -0.2) is 27.4 Å². The number of aromatic nitrogens is 2. The van der Waals surface area contributed by atoms with Gasteiger partial charge in [-0.05, 0) is 48.9 Å². The molecule has 0 bridgehead atoms. The van der Waals surface area contributed by atoms with E-state index in [9.17, 15) is 4.79 Å². The van der Waals surface area contributed by atoms with E-state index in [-0.39, 0.29) is 18.6 Å². The van der Waals surface area contributed by atoms with Crippen LogP contribution in [0.1, 0.15) is 24.4 Å². The van der Waals surface area contributed by atoms with Crippen LogP contribution in [0.15, 0.2) is 78.9 Å². The lowest BCUT2D eigenvalue weighted by molar-refractivity contribution is -0.131. The van der Waals surface area contributed by atoms with Crippen LogP contribution in [0.3, 0.4) is 0 Å². The molecule has 0 aliphatic carbocycles. The number of carbonyl (C=O) groups is 1. The Kier molecular flexibility index (Phi) is 6.23. The van der Waals surface area contributed by atoms with Crippen molar-refractivity contribution >= 4 is 28.5 Å². The van der Waals surface area contributed by atoms with Crippen LogP contribution in [-0.2, 0) is 17.9 Å². The molecule has 5 nitrogen and oxygen atoms in total. The number of halogens is 1. The summed E-state index contributed by atoms with van der Waals surface area (Å²) in [5.74, 6) is 1.41. The van der Waals surface area contributed by atoms with E-state index in [4.69, 9.17) is 21.3 Å². The number of hydrogen-bond acceptors (Lipinski definition) is 3. The molecule has 1 atom stereocenters. The van der Waals surface area contributed by atoms with Crippen molar-refractivity contribution in [3.05, 3.63) is 95.3 Å². The standard InChI is InChI=1S/C25H24ClN3O2/c1-18(31-21-14-12-20(26)13-15-21)25-27-22-10-6-7-11-23(22)29(25)17-24(30)28(2)16-19-8-4-3-5-9-19/h3-15,18H,16-17H2,1-2H3. The van der Waals surface area contributed by atoms with E-state index in [1.54, 1.807) is 17.0 Å². The SMILES string of the molecule is CC(Oc1ccc(Cl)cc1)c1nc2ccccc2n1CC(=O)N(C)Cc1ccccc1. The summed E-state index contributed by atoms with van der Waals surface area (Å²) in [6, 6.07) is 25.0. The zero-order valence-electron chi connectivity index (χ0n) is 17.5. The molecule has 0 aliphatic rings. The summed E-state index contributed by atoms with van der Waals surface area (Å²) in [5.41, 5.74) is 2.83. The van der Waals surface area contributed by atoms with Gasteiger partial charge >= 0.3 is 0 Å². The van der Waals surface area contributed by atoms with Crippen LogP contribution in [0.25, 0.3) is 11.0 Å². The van der Waals surface area contributed by atoms with Crippen molar-refractivity contribution in [2.45, 2.75) is 26.1 Å². The predicted molar refractivity (Wildman–Crippen MR) is 123 cm³/mol. The summed E-state index contributed by atoms with van der Waals surface area (Å²) < 4.78 is 8.04. The number of nitrogens with zero attached hydrogens (tertiary/aromatic N) is 3. The molecular weight excluding hydrogens is 410 g/mol. The smallest absolute Gasteiger partial charge is 0.242 e. The van der Waals surface area contributed by atoms with Crippen molar-refractivity contribution in [2.24, 2.45) is 0 Å². The van der Waals surface area contributed by atoms with Gasteiger partial charge < -0.3 is 14.2 Å². The van der Waals surface area contributed by atoms with Crippen molar-refractivity contribution in [3.63, 3.8) is 0 Å². The molecule has 0 radical (unpaired) electrons. The highest BCUT2D eigenvalue weighted by Gasteiger charge is 2.21. The summed E-state index contributed by atoms with van der Waals surface area (Å²) in [5, 5.41) is 0.652. The molecule has 0 saturated carbocycles. The van der Waals surface area contributed by atoms with Crippen LogP contribution in [0.4, 0.5) is 0 Å². The van der Waals surface area contributed by atoms with E-state index in [1.807, 2.05) is 85.3 Å². The van der Waals surface area contributed by atoms with Crippen LogP contribution < -0.4 is 4.74 Å². The highest BCUT2D eigenvalue weighted by Crippen LogP contribution is 2.26. The Bertz CT molecular complexity index is 1170. The summed E-state index contributed by atoms with van der Waals surface area (Å²) in [6.45, 7) is 2.68. The number of hydrogen-bond donors (Lipinski definition) is 0. The lowest BCUT2D eigenvalue weighted by atomic mass is 10.2. The molecule has 3 aromatic carbocycles. The molecule has 1 heterocycles. The lowest BCUT2D eigenvalue weighted by Gasteiger charge is -2.20. The number of likely N-dealkylation sites (N-methyl/N-ethyl adjacent to an activating group) is 1. The van der Waals surface area contributed by atoms with Crippen LogP contribution in [0.2, 0.25) is 5.02 Å². The molecule has 4 aromatic rings. The highest BCUT2D eigenvalue weighted by atomic mass is 35.5. The van der Waals surface area contributed by atoms with Gasteiger partial charge in [0.2, 0.25) is 5.91 Å². The van der Waals surface area contributed by atoms with Crippen molar-refractivity contribution in [1.82, 2.24) is 14.5 Å². The second kappa shape index (κ2) is 9.23. The Labute approximate surface area is 186 Å². The molecule has 0 saturated heterocycles. The van der Waals surface area contributed by atoms with Gasteiger partial charge in [-0.2, -0.15) is 0 Å². The summed E-state index contributed by atoms with van der Waals surface area (Å²) in [6.07, 6.45) is -0.346. The maximum absolute atomic E-state index is 13.1. The van der Waals surface area contributed by atoms with Crippen molar-refractivity contribution in [2.75, 3.05) is 7.05 Å². The number of para-hydroxylation sites is 2. The molecule has 0 spiro atoms. The maximum atomic E-state index is 13.1. The number of amides is 1. The first-order valence-corrected chi connectivity index (χ1v) is 10.5. The number of benzene rings is 3. The molecule has 6 heteroatoms. The third-order valence-corrected chi connectivity index (χ3v) is 5.41. The molecule has 0 fully saturated rings. The second-order valence-corrected chi connectivity index (χ2v) is 7.93. The van der Waals surface area contributed by atoms with E-state index >= 15 is 0 Å². The van der Waals surface area contributed by atoms with Crippen molar-refractivity contribution in [3.8, 4) is 5.75 Å². The molecule has 1 amide bonds. The molecule has 31 heavy (non-hydrogen) atoms. The average Bonchev–Trinajstić information content (AvgIpc) is 3.14. The number of fused-ring (bicyclic) bond motifs is 1. The van der Waals surface area contributed by atoms with E-state index in [1.165, 1.54) is 0 Å². The van der Waals surface area contributed by atoms with Crippen LogP contribution >= 0.6 is 11.6 Å². The molecular formula is C25H24ClN3O2. The Morgan fingerprint density at radius 1 is 1.03 bits per heavy atom. The Balaban J connectivity index is 1.58. The number of ether oxygens (including phenoxy) is 1. The minimum Gasteiger partial charge on any atom is -0.483 e. The van der Waals surface area contributed by atoms with Gasteiger partial charge in [-0.25, -0.2) is 4.98 Å².